The van der Waals surface area contributed by atoms with E-state index >= 15 is 0 Å². The fourth-order valence-corrected chi connectivity index (χ4v) is 5.91. The number of rotatable bonds is 5. The summed E-state index contributed by atoms with van der Waals surface area (Å²) in [5, 5.41) is 4.61. The van der Waals surface area contributed by atoms with Gasteiger partial charge in [0.15, 0.2) is 5.82 Å². The van der Waals surface area contributed by atoms with Gasteiger partial charge < -0.3 is 0 Å². The van der Waals surface area contributed by atoms with E-state index in [2.05, 4.69) is 22.2 Å². The second kappa shape index (κ2) is 7.48. The summed E-state index contributed by atoms with van der Waals surface area (Å²) in [6.45, 7) is 1.59. The molecule has 1 aromatic carbocycles. The van der Waals surface area contributed by atoms with E-state index in [1.165, 1.54) is 18.4 Å². The largest absolute Gasteiger partial charge is 0.248 e. The van der Waals surface area contributed by atoms with Crippen LogP contribution in [0.5, 0.6) is 0 Å². The smallest absolute Gasteiger partial charge is 0.214 e. The Morgan fingerprint density at radius 3 is 2.58 bits per heavy atom. The Hall–Kier alpha value is -1.73. The molecule has 0 spiro atoms. The van der Waals surface area contributed by atoms with Gasteiger partial charge in [-0.1, -0.05) is 43.2 Å². The van der Waals surface area contributed by atoms with Crippen LogP contribution in [0.1, 0.15) is 42.9 Å². The van der Waals surface area contributed by atoms with Gasteiger partial charge in [0.2, 0.25) is 10.0 Å². The molecule has 0 atom stereocenters. The number of hydrogen-bond acceptors (Lipinski definition) is 4. The Kier molecular flexibility index (Phi) is 5.09. The summed E-state index contributed by atoms with van der Waals surface area (Å²) in [6, 6.07) is 10.2. The first-order valence-corrected chi connectivity index (χ1v) is 11.2. The third kappa shape index (κ3) is 3.99. The summed E-state index contributed by atoms with van der Waals surface area (Å²) in [4.78, 5) is 4.66. The van der Waals surface area contributed by atoms with Crippen LogP contribution in [0, 0.1) is 5.92 Å². The van der Waals surface area contributed by atoms with Gasteiger partial charge in [0.25, 0.3) is 0 Å². The van der Waals surface area contributed by atoms with Crippen LogP contribution in [0.4, 0.5) is 0 Å². The van der Waals surface area contributed by atoms with Crippen molar-refractivity contribution in [3.8, 4) is 0 Å². The Morgan fingerprint density at radius 2 is 1.81 bits per heavy atom. The number of benzene rings is 1. The molecule has 0 saturated heterocycles. The summed E-state index contributed by atoms with van der Waals surface area (Å²) in [6.07, 6.45) is 5.79. The molecule has 2 heterocycles. The molecule has 1 saturated carbocycles. The minimum Gasteiger partial charge on any atom is -0.248 e. The first-order chi connectivity index (χ1) is 12.6. The Labute approximate surface area is 155 Å². The zero-order valence-electron chi connectivity index (χ0n) is 15.0. The molecule has 1 aromatic heterocycles. The van der Waals surface area contributed by atoms with Crippen LogP contribution in [0.15, 0.2) is 30.3 Å². The van der Waals surface area contributed by atoms with Gasteiger partial charge in [-0.05, 0) is 24.3 Å². The molecular formula is C19H26N4O2S. The molecule has 4 rings (SSSR count). The first kappa shape index (κ1) is 17.7. The third-order valence-electron chi connectivity index (χ3n) is 5.46. The molecule has 2 aromatic rings. The number of sulfonamides is 1. The van der Waals surface area contributed by atoms with Crippen LogP contribution in [-0.4, -0.2) is 46.3 Å². The number of hydrogen-bond donors (Lipinski definition) is 0. The minimum atomic E-state index is -3.18. The van der Waals surface area contributed by atoms with Gasteiger partial charge in [-0.3, -0.25) is 0 Å². The van der Waals surface area contributed by atoms with Crippen molar-refractivity contribution in [2.45, 2.75) is 45.1 Å². The van der Waals surface area contributed by atoms with Crippen molar-refractivity contribution in [2.75, 3.05) is 18.8 Å². The van der Waals surface area contributed by atoms with Crippen molar-refractivity contribution < 1.29 is 8.42 Å². The van der Waals surface area contributed by atoms with Gasteiger partial charge in [-0.15, -0.1) is 0 Å². The Balaban J connectivity index is 1.41. The van der Waals surface area contributed by atoms with Crippen molar-refractivity contribution in [2.24, 2.45) is 5.92 Å². The van der Waals surface area contributed by atoms with Gasteiger partial charge in [-0.25, -0.2) is 18.1 Å². The van der Waals surface area contributed by atoms with Crippen molar-refractivity contribution in [1.82, 2.24) is 19.1 Å². The highest BCUT2D eigenvalue weighted by Gasteiger charge is 2.30. The molecule has 26 heavy (non-hydrogen) atoms. The topological polar surface area (TPSA) is 68.1 Å². The van der Waals surface area contributed by atoms with E-state index in [1.54, 1.807) is 4.31 Å². The molecule has 2 aliphatic rings. The normalized spacial score (nSPS) is 19.4. The molecule has 0 bridgehead atoms. The van der Waals surface area contributed by atoms with Crippen molar-refractivity contribution in [3.05, 3.63) is 47.5 Å². The average molecular weight is 375 g/mol. The molecule has 0 unspecified atom stereocenters. The fraction of sp³-hybridized carbons (Fsp3) is 0.579. The van der Waals surface area contributed by atoms with Crippen LogP contribution < -0.4 is 0 Å². The van der Waals surface area contributed by atoms with Gasteiger partial charge in [-0.2, -0.15) is 9.40 Å². The van der Waals surface area contributed by atoms with E-state index in [-0.39, 0.29) is 0 Å². The second-order valence-electron chi connectivity index (χ2n) is 7.41. The van der Waals surface area contributed by atoms with Gasteiger partial charge in [0.1, 0.15) is 5.82 Å². The van der Waals surface area contributed by atoms with Gasteiger partial charge in [0, 0.05) is 25.9 Å². The molecule has 1 aliphatic heterocycles. The molecule has 7 heteroatoms. The highest BCUT2D eigenvalue weighted by molar-refractivity contribution is 7.89. The SMILES string of the molecule is O=S(=O)(CC1CCCC1)N1CCc2nc(Cc3ccccc3)nn2CC1. The molecule has 6 nitrogen and oxygen atoms in total. The predicted octanol–water partition coefficient (Wildman–Crippen LogP) is 2.25. The number of fused-ring (bicyclic) bond motifs is 1. The average Bonchev–Trinajstić information content (AvgIpc) is 3.21. The summed E-state index contributed by atoms with van der Waals surface area (Å²) < 4.78 is 29.0. The lowest BCUT2D eigenvalue weighted by Crippen LogP contribution is -2.37. The molecule has 140 valence electrons. The second-order valence-corrected chi connectivity index (χ2v) is 9.42. The molecule has 0 amide bonds. The first-order valence-electron chi connectivity index (χ1n) is 9.54. The lowest BCUT2D eigenvalue weighted by Gasteiger charge is -2.21. The summed E-state index contributed by atoms with van der Waals surface area (Å²) in [5.41, 5.74) is 1.19. The third-order valence-corrected chi connectivity index (χ3v) is 7.50. The minimum absolute atomic E-state index is 0.308. The maximum atomic E-state index is 12.8. The van der Waals surface area contributed by atoms with Crippen molar-refractivity contribution in [3.63, 3.8) is 0 Å². The summed E-state index contributed by atoms with van der Waals surface area (Å²) in [7, 11) is -3.18. The lowest BCUT2D eigenvalue weighted by molar-refractivity contribution is 0.402. The fourth-order valence-electron chi connectivity index (χ4n) is 4.04. The molecule has 1 aliphatic carbocycles. The van der Waals surface area contributed by atoms with E-state index in [9.17, 15) is 8.42 Å². The molecule has 0 N–H and O–H groups in total. The van der Waals surface area contributed by atoms with Crippen molar-refractivity contribution >= 4 is 10.0 Å². The zero-order chi connectivity index (χ0) is 18.0. The highest BCUT2D eigenvalue weighted by Crippen LogP contribution is 2.27. The van der Waals surface area contributed by atoms with E-state index in [1.807, 2.05) is 22.9 Å². The summed E-state index contributed by atoms with van der Waals surface area (Å²) in [5.74, 6) is 2.36. The van der Waals surface area contributed by atoms with E-state index < -0.39 is 10.0 Å². The molecule has 1 fully saturated rings. The van der Waals surface area contributed by atoms with Crippen LogP contribution in [0.25, 0.3) is 0 Å². The molecule has 0 radical (unpaired) electrons. The quantitative estimate of drug-likeness (QED) is 0.805. The zero-order valence-corrected chi connectivity index (χ0v) is 15.9. The van der Waals surface area contributed by atoms with E-state index in [0.717, 1.165) is 24.5 Å². The van der Waals surface area contributed by atoms with E-state index in [4.69, 9.17) is 0 Å². The number of aromatic nitrogens is 3. The van der Waals surface area contributed by atoms with Gasteiger partial charge in [0.05, 0.1) is 12.3 Å². The van der Waals surface area contributed by atoms with Gasteiger partial charge >= 0.3 is 0 Å². The molecular weight excluding hydrogens is 348 g/mol. The highest BCUT2D eigenvalue weighted by atomic mass is 32.2. The standard InChI is InChI=1S/C19H26N4O2S/c24-26(25,15-17-8-4-5-9-17)22-11-10-19-20-18(21-23(19)13-12-22)14-16-6-2-1-3-7-16/h1-3,6-7,17H,4-5,8-15H2. The predicted molar refractivity (Wildman–Crippen MR) is 100 cm³/mol. The lowest BCUT2D eigenvalue weighted by atomic mass is 10.1. The summed E-state index contributed by atoms with van der Waals surface area (Å²) >= 11 is 0. The van der Waals surface area contributed by atoms with Crippen LogP contribution in [0.3, 0.4) is 0 Å². The maximum Gasteiger partial charge on any atom is 0.214 e. The van der Waals surface area contributed by atoms with Crippen LogP contribution in [0.2, 0.25) is 0 Å². The Morgan fingerprint density at radius 1 is 1.04 bits per heavy atom. The van der Waals surface area contributed by atoms with Crippen LogP contribution >= 0.6 is 0 Å². The monoisotopic (exact) mass is 374 g/mol. The van der Waals surface area contributed by atoms with Crippen LogP contribution in [-0.2, 0) is 29.4 Å². The Bertz CT molecular complexity index is 816. The number of nitrogens with zero attached hydrogens (tertiary/aromatic N) is 4. The van der Waals surface area contributed by atoms with Crippen molar-refractivity contribution in [1.29, 1.82) is 0 Å². The maximum absolute atomic E-state index is 12.8. The van der Waals surface area contributed by atoms with E-state index in [0.29, 0.717) is 44.1 Å².